The fourth-order valence-electron chi connectivity index (χ4n) is 2.05. The molecule has 1 aromatic heterocycles. The van der Waals surface area contributed by atoms with E-state index < -0.39 is 0 Å². The van der Waals surface area contributed by atoms with Crippen molar-refractivity contribution >= 4 is 17.4 Å². The van der Waals surface area contributed by atoms with Gasteiger partial charge in [-0.2, -0.15) is 0 Å². The standard InChI is InChI=1S/C11H15ClN2O/c12-10-5-3-6-11(13-10)14-7-2-1-4-9(14)8-15/h3,5-6,9,15H,1-2,4,7-8H2. The molecule has 0 aliphatic carbocycles. The number of aromatic nitrogens is 1. The summed E-state index contributed by atoms with van der Waals surface area (Å²) in [5, 5.41) is 9.80. The van der Waals surface area contributed by atoms with Crippen LogP contribution in [0.1, 0.15) is 19.3 Å². The number of rotatable bonds is 2. The Morgan fingerprint density at radius 2 is 2.33 bits per heavy atom. The molecule has 1 aliphatic rings. The Labute approximate surface area is 94.7 Å². The van der Waals surface area contributed by atoms with E-state index in [1.165, 1.54) is 6.42 Å². The second kappa shape index (κ2) is 4.81. The molecule has 1 fully saturated rings. The molecule has 3 nitrogen and oxygen atoms in total. The van der Waals surface area contributed by atoms with E-state index in [1.54, 1.807) is 6.07 Å². The summed E-state index contributed by atoms with van der Waals surface area (Å²) in [6.07, 6.45) is 3.37. The predicted octanol–water partition coefficient (Wildman–Crippen LogP) is 2.09. The quantitative estimate of drug-likeness (QED) is 0.785. The molecule has 1 aliphatic heterocycles. The van der Waals surface area contributed by atoms with Gasteiger partial charge < -0.3 is 10.0 Å². The fraction of sp³-hybridized carbons (Fsp3) is 0.545. The van der Waals surface area contributed by atoms with Crippen LogP contribution in [0.3, 0.4) is 0 Å². The second-order valence-electron chi connectivity index (χ2n) is 3.84. The average Bonchev–Trinajstić information content (AvgIpc) is 2.29. The summed E-state index contributed by atoms with van der Waals surface area (Å²) < 4.78 is 0. The highest BCUT2D eigenvalue weighted by molar-refractivity contribution is 6.29. The van der Waals surface area contributed by atoms with Crippen LogP contribution >= 0.6 is 11.6 Å². The van der Waals surface area contributed by atoms with Gasteiger partial charge in [-0.15, -0.1) is 0 Å². The largest absolute Gasteiger partial charge is 0.394 e. The zero-order valence-electron chi connectivity index (χ0n) is 8.56. The van der Waals surface area contributed by atoms with E-state index in [9.17, 15) is 5.11 Å². The van der Waals surface area contributed by atoms with Crippen molar-refractivity contribution in [2.75, 3.05) is 18.1 Å². The zero-order chi connectivity index (χ0) is 10.7. The van der Waals surface area contributed by atoms with Gasteiger partial charge in [0.1, 0.15) is 11.0 Å². The van der Waals surface area contributed by atoms with E-state index in [4.69, 9.17) is 11.6 Å². The van der Waals surface area contributed by atoms with Gasteiger partial charge in [0.2, 0.25) is 0 Å². The van der Waals surface area contributed by atoms with E-state index in [1.807, 2.05) is 12.1 Å². The first-order valence-corrected chi connectivity index (χ1v) is 5.69. The van der Waals surface area contributed by atoms with Gasteiger partial charge in [-0.05, 0) is 31.4 Å². The van der Waals surface area contributed by atoms with E-state index >= 15 is 0 Å². The van der Waals surface area contributed by atoms with Gasteiger partial charge in [-0.1, -0.05) is 17.7 Å². The van der Waals surface area contributed by atoms with Crippen molar-refractivity contribution in [3.8, 4) is 0 Å². The summed E-state index contributed by atoms with van der Waals surface area (Å²) in [7, 11) is 0. The maximum atomic E-state index is 9.29. The number of nitrogens with zero attached hydrogens (tertiary/aromatic N) is 2. The van der Waals surface area contributed by atoms with Crippen molar-refractivity contribution in [1.29, 1.82) is 0 Å². The van der Waals surface area contributed by atoms with Crippen LogP contribution in [0.25, 0.3) is 0 Å². The van der Waals surface area contributed by atoms with E-state index in [0.29, 0.717) is 5.15 Å². The number of halogens is 1. The summed E-state index contributed by atoms with van der Waals surface area (Å²) in [4.78, 5) is 6.42. The number of piperidine rings is 1. The Hall–Kier alpha value is -0.800. The molecule has 82 valence electrons. The van der Waals surface area contributed by atoms with Crippen molar-refractivity contribution in [2.24, 2.45) is 0 Å². The summed E-state index contributed by atoms with van der Waals surface area (Å²) in [5.41, 5.74) is 0. The number of hydrogen-bond donors (Lipinski definition) is 1. The Morgan fingerprint density at radius 3 is 3.07 bits per heavy atom. The van der Waals surface area contributed by atoms with Crippen molar-refractivity contribution < 1.29 is 5.11 Å². The first-order chi connectivity index (χ1) is 7.31. The van der Waals surface area contributed by atoms with Crippen LogP contribution < -0.4 is 4.90 Å². The van der Waals surface area contributed by atoms with Gasteiger partial charge in [0.25, 0.3) is 0 Å². The number of aliphatic hydroxyl groups excluding tert-OH is 1. The number of hydrogen-bond acceptors (Lipinski definition) is 3. The number of pyridine rings is 1. The van der Waals surface area contributed by atoms with Crippen LogP contribution in [0, 0.1) is 0 Å². The smallest absolute Gasteiger partial charge is 0.131 e. The lowest BCUT2D eigenvalue weighted by molar-refractivity contribution is 0.239. The molecule has 1 N–H and O–H groups in total. The lowest BCUT2D eigenvalue weighted by Gasteiger charge is -2.35. The molecule has 0 amide bonds. The minimum Gasteiger partial charge on any atom is -0.394 e. The molecule has 0 aromatic carbocycles. The maximum absolute atomic E-state index is 9.29. The molecule has 1 aromatic rings. The summed E-state index contributed by atoms with van der Waals surface area (Å²) in [5.74, 6) is 0.876. The minimum absolute atomic E-state index is 0.189. The zero-order valence-corrected chi connectivity index (χ0v) is 9.32. The molecule has 0 spiro atoms. The first-order valence-electron chi connectivity index (χ1n) is 5.31. The lowest BCUT2D eigenvalue weighted by Crippen LogP contribution is -2.42. The van der Waals surface area contributed by atoms with Gasteiger partial charge in [0, 0.05) is 6.54 Å². The Balaban J connectivity index is 2.20. The van der Waals surface area contributed by atoms with Gasteiger partial charge in [0.05, 0.1) is 12.6 Å². The molecule has 2 rings (SSSR count). The molecule has 2 heterocycles. The Morgan fingerprint density at radius 1 is 1.47 bits per heavy atom. The summed E-state index contributed by atoms with van der Waals surface area (Å²) >= 11 is 5.85. The lowest BCUT2D eigenvalue weighted by atomic mass is 10.0. The molecule has 1 saturated heterocycles. The van der Waals surface area contributed by atoms with E-state index in [0.717, 1.165) is 25.2 Å². The minimum atomic E-state index is 0.189. The van der Waals surface area contributed by atoms with Crippen LogP contribution in [-0.2, 0) is 0 Å². The number of anilines is 1. The van der Waals surface area contributed by atoms with Crippen LogP contribution in [-0.4, -0.2) is 29.3 Å². The van der Waals surface area contributed by atoms with Gasteiger partial charge in [-0.25, -0.2) is 4.98 Å². The van der Waals surface area contributed by atoms with Crippen LogP contribution in [0.4, 0.5) is 5.82 Å². The molecule has 1 unspecified atom stereocenters. The molecule has 15 heavy (non-hydrogen) atoms. The third-order valence-electron chi connectivity index (χ3n) is 2.83. The summed E-state index contributed by atoms with van der Waals surface area (Å²) in [6.45, 7) is 1.15. The molecule has 0 radical (unpaired) electrons. The average molecular weight is 227 g/mol. The SMILES string of the molecule is OCC1CCCCN1c1cccc(Cl)n1. The number of aliphatic hydroxyl groups is 1. The van der Waals surface area contributed by atoms with Crippen molar-refractivity contribution in [3.63, 3.8) is 0 Å². The molecule has 0 bridgehead atoms. The van der Waals surface area contributed by atoms with Gasteiger partial charge in [0.15, 0.2) is 0 Å². The Kier molecular flexibility index (Phi) is 3.44. The van der Waals surface area contributed by atoms with Crippen molar-refractivity contribution in [1.82, 2.24) is 4.98 Å². The van der Waals surface area contributed by atoms with Crippen LogP contribution in [0.5, 0.6) is 0 Å². The van der Waals surface area contributed by atoms with Crippen LogP contribution in [0.2, 0.25) is 5.15 Å². The molecular weight excluding hydrogens is 212 g/mol. The highest BCUT2D eigenvalue weighted by atomic mass is 35.5. The first kappa shape index (κ1) is 10.7. The normalized spacial score (nSPS) is 21.7. The monoisotopic (exact) mass is 226 g/mol. The third kappa shape index (κ3) is 2.41. The topological polar surface area (TPSA) is 36.4 Å². The van der Waals surface area contributed by atoms with Gasteiger partial charge in [-0.3, -0.25) is 0 Å². The third-order valence-corrected chi connectivity index (χ3v) is 3.04. The van der Waals surface area contributed by atoms with Crippen LogP contribution in [0.15, 0.2) is 18.2 Å². The second-order valence-corrected chi connectivity index (χ2v) is 4.23. The molecule has 4 heteroatoms. The van der Waals surface area contributed by atoms with Crippen molar-refractivity contribution in [3.05, 3.63) is 23.4 Å². The Bertz CT molecular complexity index is 332. The predicted molar refractivity (Wildman–Crippen MR) is 61.3 cm³/mol. The van der Waals surface area contributed by atoms with Crippen molar-refractivity contribution in [2.45, 2.75) is 25.3 Å². The molecule has 1 atom stereocenters. The molecular formula is C11H15ClN2O. The fourth-order valence-corrected chi connectivity index (χ4v) is 2.21. The maximum Gasteiger partial charge on any atom is 0.131 e. The molecule has 0 saturated carbocycles. The summed E-state index contributed by atoms with van der Waals surface area (Å²) in [6, 6.07) is 5.81. The highest BCUT2D eigenvalue weighted by Gasteiger charge is 2.22. The van der Waals surface area contributed by atoms with Gasteiger partial charge >= 0.3 is 0 Å². The highest BCUT2D eigenvalue weighted by Crippen LogP contribution is 2.23. The van der Waals surface area contributed by atoms with E-state index in [2.05, 4.69) is 9.88 Å². The van der Waals surface area contributed by atoms with E-state index in [-0.39, 0.29) is 12.6 Å².